The molecule has 76 valence electrons. The molecule has 0 amide bonds. The fraction of sp³-hybridized carbons (Fsp3) is 0.727. The number of likely N-dealkylation sites (tertiary alicyclic amines) is 1. The first-order valence-electron chi connectivity index (χ1n) is 5.55. The zero-order chi connectivity index (χ0) is 9.54. The molecule has 3 nitrogen and oxygen atoms in total. The molecule has 2 aliphatic rings. The molecular formula is C11H17N3. The number of rotatable bonds is 0. The van der Waals surface area contributed by atoms with Crippen molar-refractivity contribution >= 4 is 0 Å². The first-order valence-corrected chi connectivity index (χ1v) is 5.55. The lowest BCUT2D eigenvalue weighted by molar-refractivity contribution is 0.124. The van der Waals surface area contributed by atoms with Gasteiger partial charge in [0, 0.05) is 31.4 Å². The van der Waals surface area contributed by atoms with Crippen molar-refractivity contribution in [3.05, 3.63) is 18.2 Å². The van der Waals surface area contributed by atoms with E-state index in [9.17, 15) is 0 Å². The normalized spacial score (nSPS) is 32.4. The Hall–Kier alpha value is -0.830. The minimum atomic E-state index is 0.734. The van der Waals surface area contributed by atoms with Gasteiger partial charge < -0.3 is 9.47 Å². The minimum Gasteiger partial charge on any atom is -0.332 e. The number of hydrogen-bond donors (Lipinski definition) is 0. The smallest absolute Gasteiger partial charge is 0.108 e. The third kappa shape index (κ3) is 1.19. The summed E-state index contributed by atoms with van der Waals surface area (Å²) in [4.78, 5) is 6.88. The van der Waals surface area contributed by atoms with Gasteiger partial charge in [0.25, 0.3) is 0 Å². The lowest BCUT2D eigenvalue weighted by atomic mass is 9.85. The van der Waals surface area contributed by atoms with Crippen molar-refractivity contribution in [2.45, 2.75) is 25.3 Å². The molecule has 0 saturated carbocycles. The second-order valence-electron chi connectivity index (χ2n) is 4.67. The lowest BCUT2D eigenvalue weighted by Crippen LogP contribution is -2.41. The van der Waals surface area contributed by atoms with Crippen molar-refractivity contribution in [3.8, 4) is 0 Å². The van der Waals surface area contributed by atoms with Crippen molar-refractivity contribution in [1.29, 1.82) is 0 Å². The highest BCUT2D eigenvalue weighted by molar-refractivity contribution is 5.03. The Morgan fingerprint density at radius 1 is 1.43 bits per heavy atom. The highest BCUT2D eigenvalue weighted by atomic mass is 15.2. The van der Waals surface area contributed by atoms with Gasteiger partial charge in [-0.3, -0.25) is 0 Å². The average Bonchev–Trinajstić information content (AvgIpc) is 2.65. The Balaban J connectivity index is 1.91. The molecule has 1 aromatic rings. The summed E-state index contributed by atoms with van der Waals surface area (Å²) >= 11 is 0. The molecule has 2 atom stereocenters. The second-order valence-corrected chi connectivity index (χ2v) is 4.67. The first-order chi connectivity index (χ1) is 6.84. The minimum absolute atomic E-state index is 0.734. The van der Waals surface area contributed by atoms with Gasteiger partial charge in [-0.05, 0) is 32.4 Å². The number of hydrogen-bond acceptors (Lipinski definition) is 2. The van der Waals surface area contributed by atoms with E-state index in [0.29, 0.717) is 0 Å². The van der Waals surface area contributed by atoms with Crippen molar-refractivity contribution in [1.82, 2.24) is 14.5 Å². The van der Waals surface area contributed by atoms with Crippen LogP contribution in [0.25, 0.3) is 0 Å². The van der Waals surface area contributed by atoms with Gasteiger partial charge in [0.05, 0.1) is 0 Å². The van der Waals surface area contributed by atoms with E-state index in [2.05, 4.69) is 27.7 Å². The second kappa shape index (κ2) is 3.09. The molecule has 0 radical (unpaired) electrons. The van der Waals surface area contributed by atoms with Crippen molar-refractivity contribution < 1.29 is 0 Å². The Bertz CT molecular complexity index is 331. The molecule has 0 aliphatic carbocycles. The van der Waals surface area contributed by atoms with Gasteiger partial charge in [-0.15, -0.1) is 0 Å². The van der Waals surface area contributed by atoms with Crippen LogP contribution in [0.4, 0.5) is 0 Å². The van der Waals surface area contributed by atoms with Gasteiger partial charge in [0.2, 0.25) is 0 Å². The van der Waals surface area contributed by atoms with E-state index in [1.807, 2.05) is 6.20 Å². The Labute approximate surface area is 84.7 Å². The van der Waals surface area contributed by atoms with Gasteiger partial charge in [0.1, 0.15) is 5.82 Å². The fourth-order valence-electron chi connectivity index (χ4n) is 3.01. The summed E-state index contributed by atoms with van der Waals surface area (Å²) in [5.74, 6) is 2.16. The quantitative estimate of drug-likeness (QED) is 0.616. The highest BCUT2D eigenvalue weighted by Crippen LogP contribution is 2.35. The number of imidazole rings is 1. The van der Waals surface area contributed by atoms with E-state index >= 15 is 0 Å². The third-order valence-electron chi connectivity index (χ3n) is 3.74. The SMILES string of the molecule is CN1CCC2C(CCc3nccn32)C1. The van der Waals surface area contributed by atoms with Crippen LogP contribution >= 0.6 is 0 Å². The standard InChI is InChI=1S/C11H17N3/c1-13-6-4-10-9(8-13)2-3-11-12-5-7-14(10)11/h5,7,9-10H,2-4,6,8H2,1H3. The van der Waals surface area contributed by atoms with E-state index in [0.717, 1.165) is 12.0 Å². The molecule has 1 saturated heterocycles. The Morgan fingerprint density at radius 2 is 2.36 bits per heavy atom. The molecule has 2 unspecified atom stereocenters. The molecular weight excluding hydrogens is 174 g/mol. The van der Waals surface area contributed by atoms with Gasteiger partial charge in [0.15, 0.2) is 0 Å². The molecule has 3 rings (SSSR count). The number of fused-ring (bicyclic) bond motifs is 3. The topological polar surface area (TPSA) is 21.1 Å². The van der Waals surface area contributed by atoms with Crippen LogP contribution in [0.2, 0.25) is 0 Å². The van der Waals surface area contributed by atoms with E-state index in [1.165, 1.54) is 38.2 Å². The maximum atomic E-state index is 4.42. The summed E-state index contributed by atoms with van der Waals surface area (Å²) in [6, 6.07) is 0.734. The molecule has 2 aliphatic heterocycles. The van der Waals surface area contributed by atoms with Crippen LogP contribution in [-0.2, 0) is 6.42 Å². The van der Waals surface area contributed by atoms with Crippen LogP contribution < -0.4 is 0 Å². The summed E-state index contributed by atoms with van der Waals surface area (Å²) in [5, 5.41) is 0. The summed E-state index contributed by atoms with van der Waals surface area (Å²) < 4.78 is 2.42. The van der Waals surface area contributed by atoms with Gasteiger partial charge in [-0.2, -0.15) is 0 Å². The van der Waals surface area contributed by atoms with Crippen LogP contribution in [0.15, 0.2) is 12.4 Å². The van der Waals surface area contributed by atoms with Crippen molar-refractivity contribution in [2.75, 3.05) is 20.1 Å². The number of piperidine rings is 1. The van der Waals surface area contributed by atoms with E-state index in [-0.39, 0.29) is 0 Å². The average molecular weight is 191 g/mol. The molecule has 1 aromatic heterocycles. The maximum absolute atomic E-state index is 4.42. The van der Waals surface area contributed by atoms with Crippen LogP contribution in [0, 0.1) is 5.92 Å². The van der Waals surface area contributed by atoms with Crippen molar-refractivity contribution in [2.24, 2.45) is 5.92 Å². The van der Waals surface area contributed by atoms with Crippen LogP contribution in [0.3, 0.4) is 0 Å². The van der Waals surface area contributed by atoms with E-state index in [4.69, 9.17) is 0 Å². The Kier molecular flexibility index (Phi) is 1.87. The van der Waals surface area contributed by atoms with Gasteiger partial charge >= 0.3 is 0 Å². The predicted molar refractivity (Wildman–Crippen MR) is 55.2 cm³/mol. The molecule has 3 heterocycles. The summed E-state index contributed by atoms with van der Waals surface area (Å²) in [7, 11) is 2.24. The lowest BCUT2D eigenvalue weighted by Gasteiger charge is -2.40. The van der Waals surface area contributed by atoms with Gasteiger partial charge in [-0.1, -0.05) is 0 Å². The maximum Gasteiger partial charge on any atom is 0.108 e. The third-order valence-corrected chi connectivity index (χ3v) is 3.74. The molecule has 0 bridgehead atoms. The van der Waals surface area contributed by atoms with E-state index < -0.39 is 0 Å². The molecule has 3 heteroatoms. The first kappa shape index (κ1) is 8.48. The molecule has 14 heavy (non-hydrogen) atoms. The molecule has 1 fully saturated rings. The number of aromatic nitrogens is 2. The summed E-state index contributed by atoms with van der Waals surface area (Å²) in [6.07, 6.45) is 7.91. The number of nitrogens with zero attached hydrogens (tertiary/aromatic N) is 3. The van der Waals surface area contributed by atoms with Crippen LogP contribution in [0.5, 0.6) is 0 Å². The zero-order valence-corrected chi connectivity index (χ0v) is 8.69. The monoisotopic (exact) mass is 191 g/mol. The fourth-order valence-corrected chi connectivity index (χ4v) is 3.01. The summed E-state index contributed by atoms with van der Waals surface area (Å²) in [5.41, 5.74) is 0. The largest absolute Gasteiger partial charge is 0.332 e. The van der Waals surface area contributed by atoms with Crippen molar-refractivity contribution in [3.63, 3.8) is 0 Å². The molecule has 0 spiro atoms. The van der Waals surface area contributed by atoms with Gasteiger partial charge in [-0.25, -0.2) is 4.98 Å². The zero-order valence-electron chi connectivity index (χ0n) is 8.69. The molecule has 0 N–H and O–H groups in total. The van der Waals surface area contributed by atoms with E-state index in [1.54, 1.807) is 0 Å². The number of aryl methyl sites for hydroxylation is 1. The highest BCUT2D eigenvalue weighted by Gasteiger charge is 2.33. The molecule has 0 aromatic carbocycles. The van der Waals surface area contributed by atoms with Crippen LogP contribution in [0.1, 0.15) is 24.7 Å². The Morgan fingerprint density at radius 3 is 3.29 bits per heavy atom. The van der Waals surface area contributed by atoms with Crippen LogP contribution in [-0.4, -0.2) is 34.6 Å². The summed E-state index contributed by atoms with van der Waals surface area (Å²) in [6.45, 7) is 2.50. The predicted octanol–water partition coefficient (Wildman–Crippen LogP) is 1.32.